The maximum absolute atomic E-state index is 13.0. The molecule has 2 aliphatic rings. The third-order valence-electron chi connectivity index (χ3n) is 6.54. The number of nitrogens with zero attached hydrogens (tertiary/aromatic N) is 3. The van der Waals surface area contributed by atoms with Gasteiger partial charge in [0, 0.05) is 73.8 Å². The first kappa shape index (κ1) is 27.6. The van der Waals surface area contributed by atoms with E-state index < -0.39 is 5.60 Å². The molecule has 2 heterocycles. The Kier molecular flexibility index (Phi) is 9.33. The zero-order valence-electron chi connectivity index (χ0n) is 21.2. The summed E-state index contributed by atoms with van der Waals surface area (Å²) in [5.74, 6) is 0.0590. The average Bonchev–Trinajstić information content (AvgIpc) is 2.77. The molecule has 0 spiro atoms. The van der Waals surface area contributed by atoms with Crippen LogP contribution >= 0.6 is 23.2 Å². The van der Waals surface area contributed by atoms with E-state index in [0.29, 0.717) is 55.7 Å². The Morgan fingerprint density at radius 2 is 1.51 bits per heavy atom. The molecule has 0 radical (unpaired) electrons. The van der Waals surface area contributed by atoms with Crippen LogP contribution in [0.5, 0.6) is 0 Å². The van der Waals surface area contributed by atoms with Gasteiger partial charge in [0.15, 0.2) is 0 Å². The van der Waals surface area contributed by atoms with Crippen LogP contribution < -0.4 is 4.90 Å². The van der Waals surface area contributed by atoms with Gasteiger partial charge in [-0.3, -0.25) is 9.59 Å². The van der Waals surface area contributed by atoms with Gasteiger partial charge in [-0.25, -0.2) is 4.79 Å². The number of hydrogen-bond donors (Lipinski definition) is 0. The molecule has 194 valence electrons. The molecular weight excluding hydrogens is 489 g/mol. The lowest BCUT2D eigenvalue weighted by Crippen LogP contribution is -2.50. The molecule has 0 aliphatic carbocycles. The molecule has 1 atom stereocenters. The molecule has 2 aliphatic heterocycles. The minimum absolute atomic E-state index is 0.0295. The van der Waals surface area contributed by atoms with Crippen molar-refractivity contribution in [3.05, 3.63) is 28.2 Å². The average molecular weight is 527 g/mol. The molecule has 3 rings (SSSR count). The van der Waals surface area contributed by atoms with Crippen molar-refractivity contribution < 1.29 is 19.1 Å². The molecule has 0 bridgehead atoms. The molecule has 1 aromatic rings. The van der Waals surface area contributed by atoms with Gasteiger partial charge in [0.25, 0.3) is 0 Å². The summed E-state index contributed by atoms with van der Waals surface area (Å²) in [5.41, 5.74) is 0.443. The maximum Gasteiger partial charge on any atom is 0.410 e. The van der Waals surface area contributed by atoms with Crippen molar-refractivity contribution in [3.63, 3.8) is 0 Å². The quantitative estimate of drug-likeness (QED) is 0.505. The summed E-state index contributed by atoms with van der Waals surface area (Å²) >= 11 is 12.2. The number of halogens is 2. The van der Waals surface area contributed by atoms with Gasteiger partial charge in [0.2, 0.25) is 5.91 Å². The minimum Gasteiger partial charge on any atom is -0.444 e. The zero-order chi connectivity index (χ0) is 25.8. The van der Waals surface area contributed by atoms with Crippen LogP contribution in [0.15, 0.2) is 18.2 Å². The molecule has 0 aromatic heterocycles. The summed E-state index contributed by atoms with van der Waals surface area (Å²) in [6.07, 6.45) is 1.99. The van der Waals surface area contributed by atoms with E-state index in [1.807, 2.05) is 44.7 Å². The molecule has 0 N–H and O–H groups in total. The lowest BCUT2D eigenvalue weighted by Gasteiger charge is -2.37. The number of amides is 2. The Labute approximate surface area is 218 Å². The second-order valence-corrected chi connectivity index (χ2v) is 11.6. The van der Waals surface area contributed by atoms with Crippen LogP contribution in [0.1, 0.15) is 53.4 Å². The monoisotopic (exact) mass is 525 g/mol. The second kappa shape index (κ2) is 11.8. The van der Waals surface area contributed by atoms with Crippen LogP contribution in [0.25, 0.3) is 0 Å². The third kappa shape index (κ3) is 8.28. The number of piperidine rings is 1. The normalized spacial score (nSPS) is 18.4. The summed E-state index contributed by atoms with van der Waals surface area (Å²) < 4.78 is 5.44. The first-order chi connectivity index (χ1) is 16.4. The fourth-order valence-corrected chi connectivity index (χ4v) is 5.21. The van der Waals surface area contributed by atoms with Gasteiger partial charge < -0.3 is 19.4 Å². The number of hydrogen-bond acceptors (Lipinski definition) is 5. The Hall–Kier alpha value is -1.99. The van der Waals surface area contributed by atoms with Gasteiger partial charge >= 0.3 is 6.09 Å². The minimum atomic E-state index is -0.512. The second-order valence-electron chi connectivity index (χ2n) is 10.7. The first-order valence-corrected chi connectivity index (χ1v) is 13.2. The maximum atomic E-state index is 13.0. The van der Waals surface area contributed by atoms with E-state index >= 15 is 0 Å². The molecule has 1 unspecified atom stereocenters. The predicted molar refractivity (Wildman–Crippen MR) is 139 cm³/mol. The number of piperazine rings is 1. The van der Waals surface area contributed by atoms with Crippen molar-refractivity contribution in [2.45, 2.75) is 59.0 Å². The first-order valence-electron chi connectivity index (χ1n) is 12.4. The summed E-state index contributed by atoms with van der Waals surface area (Å²) in [4.78, 5) is 43.6. The SMILES string of the molecule is CC(CC(=O)CC1CCN(C(=O)OC(C)(C)C)CC1)C(=O)N1CCN(c2cc(Cl)cc(Cl)c2)CC1. The molecule has 9 heteroatoms. The van der Waals surface area contributed by atoms with Crippen LogP contribution in [-0.2, 0) is 14.3 Å². The van der Waals surface area contributed by atoms with Crippen LogP contribution in [0.4, 0.5) is 10.5 Å². The lowest BCUT2D eigenvalue weighted by molar-refractivity contribution is -0.137. The topological polar surface area (TPSA) is 70.2 Å². The number of carbonyl (C=O) groups is 3. The van der Waals surface area contributed by atoms with Gasteiger partial charge in [-0.05, 0) is 57.7 Å². The Balaban J connectivity index is 1.40. The van der Waals surface area contributed by atoms with Gasteiger partial charge in [-0.15, -0.1) is 0 Å². The van der Waals surface area contributed by atoms with Crippen molar-refractivity contribution in [2.24, 2.45) is 11.8 Å². The van der Waals surface area contributed by atoms with E-state index in [4.69, 9.17) is 27.9 Å². The van der Waals surface area contributed by atoms with Crippen LogP contribution in [0, 0.1) is 11.8 Å². The standard InChI is InChI=1S/C26H37Cl2N3O4/c1-18(13-23(32)14-19-5-7-31(8-6-19)25(34)35-26(2,3)4)24(33)30-11-9-29(10-12-30)22-16-20(27)15-21(28)17-22/h15-19H,5-14H2,1-4H3. The van der Waals surface area contributed by atoms with Crippen LogP contribution in [0.3, 0.4) is 0 Å². The van der Waals surface area contributed by atoms with Crippen LogP contribution in [0.2, 0.25) is 10.0 Å². The van der Waals surface area contributed by atoms with Crippen molar-refractivity contribution in [2.75, 3.05) is 44.2 Å². The fraction of sp³-hybridized carbons (Fsp3) is 0.654. The number of Topliss-reactive ketones (excluding diaryl/α,β-unsaturated/α-hetero) is 1. The summed E-state index contributed by atoms with van der Waals surface area (Å²) in [6, 6.07) is 5.46. The van der Waals surface area contributed by atoms with E-state index in [0.717, 1.165) is 18.5 Å². The molecular formula is C26H37Cl2N3O4. The molecule has 2 fully saturated rings. The number of anilines is 1. The lowest BCUT2D eigenvalue weighted by atomic mass is 9.89. The molecule has 1 aromatic carbocycles. The van der Waals surface area contributed by atoms with Gasteiger partial charge in [-0.2, -0.15) is 0 Å². The number of rotatable bonds is 6. The molecule has 2 amide bonds. The number of ketones is 1. The summed E-state index contributed by atoms with van der Waals surface area (Å²) in [7, 11) is 0. The summed E-state index contributed by atoms with van der Waals surface area (Å²) in [5, 5.41) is 1.18. The number of benzene rings is 1. The third-order valence-corrected chi connectivity index (χ3v) is 6.98. The Morgan fingerprint density at radius 1 is 0.943 bits per heavy atom. The van der Waals surface area contributed by atoms with Gasteiger partial charge in [0.05, 0.1) is 0 Å². The van der Waals surface area contributed by atoms with E-state index in [2.05, 4.69) is 4.90 Å². The van der Waals surface area contributed by atoms with Crippen molar-refractivity contribution in [1.29, 1.82) is 0 Å². The van der Waals surface area contributed by atoms with Crippen LogP contribution in [-0.4, -0.2) is 72.5 Å². The van der Waals surface area contributed by atoms with E-state index in [-0.39, 0.29) is 36.0 Å². The van der Waals surface area contributed by atoms with E-state index in [1.54, 1.807) is 11.0 Å². The largest absolute Gasteiger partial charge is 0.444 e. The molecule has 7 nitrogen and oxygen atoms in total. The highest BCUT2D eigenvalue weighted by atomic mass is 35.5. The zero-order valence-corrected chi connectivity index (χ0v) is 22.7. The van der Waals surface area contributed by atoms with E-state index in [1.165, 1.54) is 0 Å². The highest BCUT2D eigenvalue weighted by molar-refractivity contribution is 6.35. The highest BCUT2D eigenvalue weighted by Crippen LogP contribution is 2.27. The Morgan fingerprint density at radius 3 is 2.06 bits per heavy atom. The number of carbonyl (C=O) groups excluding carboxylic acids is 3. The van der Waals surface area contributed by atoms with Gasteiger partial charge in [-0.1, -0.05) is 30.1 Å². The number of ether oxygens (including phenoxy) is 1. The van der Waals surface area contributed by atoms with E-state index in [9.17, 15) is 14.4 Å². The Bertz CT molecular complexity index is 897. The van der Waals surface area contributed by atoms with Gasteiger partial charge in [0.1, 0.15) is 11.4 Å². The van der Waals surface area contributed by atoms with Crippen molar-refractivity contribution in [1.82, 2.24) is 9.80 Å². The smallest absolute Gasteiger partial charge is 0.410 e. The highest BCUT2D eigenvalue weighted by Gasteiger charge is 2.30. The predicted octanol–water partition coefficient (Wildman–Crippen LogP) is 5.27. The summed E-state index contributed by atoms with van der Waals surface area (Å²) in [6.45, 7) is 11.2. The molecule has 0 saturated carbocycles. The van der Waals surface area contributed by atoms with Crippen molar-refractivity contribution >= 4 is 46.7 Å². The number of likely N-dealkylation sites (tertiary alicyclic amines) is 1. The van der Waals surface area contributed by atoms with Crippen molar-refractivity contribution in [3.8, 4) is 0 Å². The fourth-order valence-electron chi connectivity index (χ4n) is 4.70. The molecule has 2 saturated heterocycles. The molecule has 35 heavy (non-hydrogen) atoms.